The van der Waals surface area contributed by atoms with E-state index in [1.54, 1.807) is 0 Å². The molecule has 174 valence electrons. The van der Waals surface area contributed by atoms with Gasteiger partial charge in [-0.15, -0.1) is 0 Å². The lowest BCUT2D eigenvalue weighted by Gasteiger charge is -2.13. The van der Waals surface area contributed by atoms with E-state index in [1.165, 1.54) is 28.8 Å². The van der Waals surface area contributed by atoms with Gasteiger partial charge in [0, 0.05) is 36.2 Å². The van der Waals surface area contributed by atoms with Crippen LogP contribution < -0.4 is 10.9 Å². The summed E-state index contributed by atoms with van der Waals surface area (Å²) in [6, 6.07) is 13.1. The molecule has 2 aromatic heterocycles. The number of fused-ring (bicyclic) bond motifs is 3. The van der Waals surface area contributed by atoms with Crippen LogP contribution in [0.15, 0.2) is 58.5 Å². The van der Waals surface area contributed by atoms with Crippen LogP contribution in [0.4, 0.5) is 5.69 Å². The molecule has 1 fully saturated rings. The molecule has 0 saturated carbocycles. The first-order valence-corrected chi connectivity index (χ1v) is 11.8. The number of H-pyrrole nitrogens is 1. The molecule has 0 aliphatic carbocycles. The van der Waals surface area contributed by atoms with Crippen molar-refractivity contribution >= 4 is 45.3 Å². The van der Waals surface area contributed by atoms with Crippen molar-refractivity contribution < 1.29 is 14.5 Å². The van der Waals surface area contributed by atoms with Gasteiger partial charge >= 0.3 is 0 Å². The first-order chi connectivity index (χ1) is 16.5. The number of hydrogen-bond donors (Lipinski definition) is 2. The standard InChI is InChI=1S/C23H21N5O5S/c29-19(24-12-16-4-3-11-33-16)13-34-23-26-20-17-5-1-2-6-18(17)25-21(20)22(30)27(23)14-7-9-15(10-8-14)28(31)32/h1-2,5-10,16,25H,3-4,11-13H2,(H,24,29)/t16-/m0/s1. The molecule has 10 nitrogen and oxygen atoms in total. The first kappa shape index (κ1) is 22.1. The number of nitro groups is 1. The van der Waals surface area contributed by atoms with Gasteiger partial charge in [0.25, 0.3) is 11.2 Å². The van der Waals surface area contributed by atoms with Gasteiger partial charge in [0.15, 0.2) is 5.16 Å². The van der Waals surface area contributed by atoms with Crippen molar-refractivity contribution in [1.82, 2.24) is 19.9 Å². The van der Waals surface area contributed by atoms with E-state index in [-0.39, 0.29) is 29.0 Å². The molecule has 11 heteroatoms. The van der Waals surface area contributed by atoms with Crippen molar-refractivity contribution in [3.05, 3.63) is 69.0 Å². The van der Waals surface area contributed by atoms with E-state index in [0.717, 1.165) is 35.5 Å². The largest absolute Gasteiger partial charge is 0.376 e. The maximum absolute atomic E-state index is 13.5. The second-order valence-corrected chi connectivity index (χ2v) is 8.87. The van der Waals surface area contributed by atoms with E-state index in [4.69, 9.17) is 9.72 Å². The Morgan fingerprint density at radius 2 is 2.06 bits per heavy atom. The number of hydrogen-bond acceptors (Lipinski definition) is 7. The SMILES string of the molecule is O=C(CSc1nc2c([nH]c3ccccc32)c(=O)n1-c1ccc([N+](=O)[O-])cc1)NC[C@@H]1CCCO1. The highest BCUT2D eigenvalue weighted by atomic mass is 32.2. The Morgan fingerprint density at radius 3 is 2.79 bits per heavy atom. The van der Waals surface area contributed by atoms with Crippen molar-refractivity contribution in [1.29, 1.82) is 0 Å². The van der Waals surface area contributed by atoms with E-state index in [1.807, 2.05) is 24.3 Å². The maximum atomic E-state index is 13.5. The van der Waals surface area contributed by atoms with Crippen LogP contribution in [-0.2, 0) is 9.53 Å². The molecule has 0 radical (unpaired) electrons. The minimum Gasteiger partial charge on any atom is -0.376 e. The van der Waals surface area contributed by atoms with Gasteiger partial charge in [0.1, 0.15) is 11.0 Å². The van der Waals surface area contributed by atoms with Crippen LogP contribution in [0.1, 0.15) is 12.8 Å². The zero-order valence-corrected chi connectivity index (χ0v) is 18.8. The van der Waals surface area contributed by atoms with E-state index in [0.29, 0.717) is 35.0 Å². The summed E-state index contributed by atoms with van der Waals surface area (Å²) < 4.78 is 6.91. The van der Waals surface area contributed by atoms with E-state index in [2.05, 4.69) is 10.3 Å². The minimum absolute atomic E-state index is 0.0351. The molecule has 1 saturated heterocycles. The molecule has 0 unspecified atom stereocenters. The van der Waals surface area contributed by atoms with Crippen molar-refractivity contribution in [2.24, 2.45) is 0 Å². The first-order valence-electron chi connectivity index (χ1n) is 10.8. The van der Waals surface area contributed by atoms with Crippen molar-refractivity contribution in [3.8, 4) is 5.69 Å². The van der Waals surface area contributed by atoms with Crippen LogP contribution >= 0.6 is 11.8 Å². The quantitative estimate of drug-likeness (QED) is 0.180. The van der Waals surface area contributed by atoms with Gasteiger partial charge in [-0.25, -0.2) is 4.98 Å². The number of rotatable bonds is 7. The number of nitro benzene ring substituents is 1. The van der Waals surface area contributed by atoms with Crippen molar-refractivity contribution in [2.45, 2.75) is 24.1 Å². The Morgan fingerprint density at radius 1 is 1.26 bits per heavy atom. The maximum Gasteiger partial charge on any atom is 0.283 e. The van der Waals surface area contributed by atoms with Crippen molar-refractivity contribution in [3.63, 3.8) is 0 Å². The zero-order chi connectivity index (χ0) is 23.7. The Balaban J connectivity index is 1.51. The molecule has 5 rings (SSSR count). The lowest BCUT2D eigenvalue weighted by atomic mass is 10.2. The summed E-state index contributed by atoms with van der Waals surface area (Å²) in [5.74, 6) is -0.135. The van der Waals surface area contributed by atoms with E-state index in [9.17, 15) is 19.7 Å². The van der Waals surface area contributed by atoms with Crippen molar-refractivity contribution in [2.75, 3.05) is 18.9 Å². The molecule has 2 N–H and O–H groups in total. The van der Waals surface area contributed by atoms with Crippen LogP contribution in [0, 0.1) is 10.1 Å². The van der Waals surface area contributed by atoms with Crippen LogP contribution in [-0.4, -0.2) is 50.4 Å². The fourth-order valence-electron chi connectivity index (χ4n) is 4.00. The number of nitrogens with one attached hydrogen (secondary N) is 2. The number of ether oxygens (including phenoxy) is 1. The van der Waals surface area contributed by atoms with Crippen LogP contribution in [0.5, 0.6) is 0 Å². The predicted octanol–water partition coefficient (Wildman–Crippen LogP) is 3.16. The number of carbonyl (C=O) groups is 1. The normalized spacial score (nSPS) is 15.7. The van der Waals surface area contributed by atoms with Gasteiger partial charge in [-0.1, -0.05) is 30.0 Å². The summed E-state index contributed by atoms with van der Waals surface area (Å²) in [7, 11) is 0. The molecule has 2 aromatic carbocycles. The Labute approximate surface area is 197 Å². The molecule has 1 atom stereocenters. The third kappa shape index (κ3) is 4.27. The Hall–Kier alpha value is -3.70. The molecule has 1 aliphatic heterocycles. The summed E-state index contributed by atoms with van der Waals surface area (Å²) in [6.07, 6.45) is 1.95. The zero-order valence-electron chi connectivity index (χ0n) is 18.0. The van der Waals surface area contributed by atoms with Gasteiger partial charge in [0.05, 0.1) is 22.5 Å². The molecule has 4 aromatic rings. The van der Waals surface area contributed by atoms with Gasteiger partial charge in [-0.2, -0.15) is 0 Å². The molecule has 0 bridgehead atoms. The molecule has 3 heterocycles. The third-order valence-electron chi connectivity index (χ3n) is 5.70. The number of thioether (sulfide) groups is 1. The summed E-state index contributed by atoms with van der Waals surface area (Å²) in [5, 5.41) is 15.0. The number of benzene rings is 2. The molecular formula is C23H21N5O5S. The third-order valence-corrected chi connectivity index (χ3v) is 6.63. The molecule has 1 aliphatic rings. The smallest absolute Gasteiger partial charge is 0.283 e. The second-order valence-electron chi connectivity index (χ2n) is 7.93. The fraction of sp³-hybridized carbons (Fsp3) is 0.261. The second kappa shape index (κ2) is 9.27. The van der Waals surface area contributed by atoms with Gasteiger partial charge in [-0.05, 0) is 31.0 Å². The van der Waals surface area contributed by atoms with E-state index < -0.39 is 4.92 Å². The lowest BCUT2D eigenvalue weighted by molar-refractivity contribution is -0.384. The Kier molecular flexibility index (Phi) is 6.03. The molecule has 0 spiro atoms. The predicted molar refractivity (Wildman–Crippen MR) is 129 cm³/mol. The fourth-order valence-corrected chi connectivity index (χ4v) is 4.84. The summed E-state index contributed by atoms with van der Waals surface area (Å²) in [4.78, 5) is 44.4. The minimum atomic E-state index is -0.500. The highest BCUT2D eigenvalue weighted by Gasteiger charge is 2.20. The van der Waals surface area contributed by atoms with Crippen LogP contribution in [0.3, 0.4) is 0 Å². The van der Waals surface area contributed by atoms with E-state index >= 15 is 0 Å². The summed E-state index contributed by atoms with van der Waals surface area (Å²) in [5.41, 5.74) is 1.60. The van der Waals surface area contributed by atoms with Crippen LogP contribution in [0.25, 0.3) is 27.6 Å². The lowest BCUT2D eigenvalue weighted by Crippen LogP contribution is -2.33. The monoisotopic (exact) mass is 479 g/mol. The highest BCUT2D eigenvalue weighted by molar-refractivity contribution is 7.99. The molecule has 1 amide bonds. The number of nitrogens with zero attached hydrogens (tertiary/aromatic N) is 3. The average molecular weight is 480 g/mol. The number of non-ortho nitro benzene ring substituents is 1. The van der Waals surface area contributed by atoms with Gasteiger partial charge in [0.2, 0.25) is 5.91 Å². The number of aromatic amines is 1. The number of para-hydroxylation sites is 1. The van der Waals surface area contributed by atoms with Gasteiger partial charge < -0.3 is 15.0 Å². The Bertz CT molecular complexity index is 1440. The summed E-state index contributed by atoms with van der Waals surface area (Å²) >= 11 is 1.14. The number of aromatic nitrogens is 3. The number of amides is 1. The number of carbonyl (C=O) groups excluding carboxylic acids is 1. The summed E-state index contributed by atoms with van der Waals surface area (Å²) in [6.45, 7) is 1.16. The molecule has 34 heavy (non-hydrogen) atoms. The van der Waals surface area contributed by atoms with Crippen LogP contribution in [0.2, 0.25) is 0 Å². The molecular weight excluding hydrogens is 458 g/mol. The topological polar surface area (TPSA) is 132 Å². The van der Waals surface area contributed by atoms with Gasteiger partial charge in [-0.3, -0.25) is 24.3 Å². The highest BCUT2D eigenvalue weighted by Crippen LogP contribution is 2.27. The average Bonchev–Trinajstić information content (AvgIpc) is 3.50.